The summed E-state index contributed by atoms with van der Waals surface area (Å²) in [7, 11) is 0. The monoisotopic (exact) mass is 533 g/mol. The lowest BCUT2D eigenvalue weighted by molar-refractivity contribution is -0.137. The number of nitrogens with zero attached hydrogens (tertiary/aromatic N) is 5. The molecule has 8 nitrogen and oxygen atoms in total. The Hall–Kier alpha value is -4.16. The Morgan fingerprint density at radius 3 is 2.68 bits per heavy atom. The Balaban J connectivity index is 1.56. The first-order valence-electron chi connectivity index (χ1n) is 11.7. The van der Waals surface area contributed by atoms with E-state index in [1.807, 2.05) is 4.57 Å². The van der Waals surface area contributed by atoms with Gasteiger partial charge in [-0.1, -0.05) is 13.0 Å². The number of rotatable bonds is 9. The van der Waals surface area contributed by atoms with Crippen LogP contribution in [0.1, 0.15) is 29.4 Å². The summed E-state index contributed by atoms with van der Waals surface area (Å²) >= 11 is 0. The number of alkyl halides is 4. The van der Waals surface area contributed by atoms with Crippen molar-refractivity contribution < 1.29 is 26.7 Å². The van der Waals surface area contributed by atoms with Gasteiger partial charge in [0.25, 0.3) is 5.91 Å². The lowest BCUT2D eigenvalue weighted by Crippen LogP contribution is -2.27. The first-order valence-corrected chi connectivity index (χ1v) is 11.7. The zero-order chi connectivity index (χ0) is 27.3. The van der Waals surface area contributed by atoms with Crippen LogP contribution in [0.2, 0.25) is 0 Å². The second-order valence-corrected chi connectivity index (χ2v) is 8.67. The van der Waals surface area contributed by atoms with Crippen LogP contribution in [0.4, 0.5) is 27.8 Å². The van der Waals surface area contributed by atoms with Crippen LogP contribution in [0.3, 0.4) is 0 Å². The van der Waals surface area contributed by atoms with E-state index in [1.54, 1.807) is 18.7 Å². The fourth-order valence-corrected chi connectivity index (χ4v) is 3.71. The van der Waals surface area contributed by atoms with Crippen LogP contribution < -0.4 is 10.6 Å². The van der Waals surface area contributed by atoms with Crippen molar-refractivity contribution in [2.45, 2.75) is 32.2 Å². The molecule has 4 rings (SSSR count). The van der Waals surface area contributed by atoms with E-state index in [4.69, 9.17) is 0 Å². The van der Waals surface area contributed by atoms with Gasteiger partial charge in [0.05, 0.1) is 11.9 Å². The highest BCUT2D eigenvalue weighted by Gasteiger charge is 2.31. The molecule has 0 aliphatic heterocycles. The quantitative estimate of drug-likeness (QED) is 0.304. The summed E-state index contributed by atoms with van der Waals surface area (Å²) in [6, 6.07) is 2.14. The van der Waals surface area contributed by atoms with Gasteiger partial charge in [-0.3, -0.25) is 9.78 Å². The minimum absolute atomic E-state index is 0.0588. The maximum Gasteiger partial charge on any atom is 0.417 e. The van der Waals surface area contributed by atoms with Crippen LogP contribution in [-0.2, 0) is 12.7 Å². The van der Waals surface area contributed by atoms with Gasteiger partial charge in [-0.05, 0) is 24.1 Å². The Labute approximate surface area is 214 Å². The van der Waals surface area contributed by atoms with Crippen LogP contribution >= 0.6 is 0 Å². The fraction of sp³-hybridized carbons (Fsp3) is 0.320. The van der Waals surface area contributed by atoms with Gasteiger partial charge in [-0.15, -0.1) is 0 Å². The van der Waals surface area contributed by atoms with Crippen LogP contribution in [0.15, 0.2) is 66.8 Å². The molecule has 0 radical (unpaired) electrons. The van der Waals surface area contributed by atoms with E-state index in [0.29, 0.717) is 25.7 Å². The number of carbonyl (C=O) groups is 1. The van der Waals surface area contributed by atoms with Crippen LogP contribution in [-0.4, -0.2) is 49.7 Å². The molecular formula is C25H24F5N7O. The zero-order valence-corrected chi connectivity index (χ0v) is 20.2. The number of halogens is 5. The molecule has 0 bridgehead atoms. The van der Waals surface area contributed by atoms with Crippen molar-refractivity contribution in [3.8, 4) is 11.4 Å². The molecule has 2 N–H and O–H groups in total. The molecule has 1 amide bonds. The number of anilines is 1. The van der Waals surface area contributed by atoms with E-state index in [1.165, 1.54) is 25.1 Å². The molecule has 0 saturated carbocycles. The Morgan fingerprint density at radius 2 is 1.95 bits per heavy atom. The number of carbonyl (C=O) groups excluding carboxylic acids is 1. The molecule has 200 valence electrons. The predicted molar refractivity (Wildman–Crippen MR) is 129 cm³/mol. The highest BCUT2D eigenvalue weighted by molar-refractivity contribution is 5.93. The third-order valence-electron chi connectivity index (χ3n) is 5.88. The maximum absolute atomic E-state index is 14.6. The smallest absolute Gasteiger partial charge is 0.366 e. The van der Waals surface area contributed by atoms with Gasteiger partial charge in [-0.25, -0.2) is 23.7 Å². The molecular weight excluding hydrogens is 509 g/mol. The van der Waals surface area contributed by atoms with Gasteiger partial charge in [0, 0.05) is 62.0 Å². The molecule has 0 fully saturated rings. The molecule has 2 unspecified atom stereocenters. The topological polar surface area (TPSA) is 97.6 Å². The third kappa shape index (κ3) is 6.58. The number of hydrogen-bond donors (Lipinski definition) is 2. The number of amides is 1. The summed E-state index contributed by atoms with van der Waals surface area (Å²) in [6.07, 6.45) is 3.78. The van der Waals surface area contributed by atoms with E-state index in [-0.39, 0.29) is 35.0 Å². The van der Waals surface area contributed by atoms with Crippen molar-refractivity contribution in [2.75, 3.05) is 18.4 Å². The summed E-state index contributed by atoms with van der Waals surface area (Å²) in [5.74, 6) is -2.19. The summed E-state index contributed by atoms with van der Waals surface area (Å²) in [4.78, 5) is 28.8. The van der Waals surface area contributed by atoms with Gasteiger partial charge < -0.3 is 15.2 Å². The highest BCUT2D eigenvalue weighted by Crippen LogP contribution is 2.31. The summed E-state index contributed by atoms with van der Waals surface area (Å²) in [5, 5.41) is 5.59. The third-order valence-corrected chi connectivity index (χ3v) is 5.88. The summed E-state index contributed by atoms with van der Waals surface area (Å²) in [6.45, 7) is 2.27. The number of hydrogen-bond acceptors (Lipinski definition) is 6. The minimum Gasteiger partial charge on any atom is -0.366 e. The summed E-state index contributed by atoms with van der Waals surface area (Å²) < 4.78 is 69.8. The Bertz CT molecular complexity index is 1340. The molecule has 0 saturated heterocycles. The first kappa shape index (κ1) is 26.9. The molecule has 38 heavy (non-hydrogen) atoms. The van der Waals surface area contributed by atoms with Crippen LogP contribution in [0.5, 0.6) is 0 Å². The Morgan fingerprint density at radius 1 is 1.13 bits per heavy atom. The largest absolute Gasteiger partial charge is 0.417 e. The molecule has 0 spiro atoms. The highest BCUT2D eigenvalue weighted by atomic mass is 19.4. The average molecular weight is 534 g/mol. The molecule has 13 heteroatoms. The second-order valence-electron chi connectivity index (χ2n) is 8.67. The number of aryl methyl sites for hydroxylation is 1. The standard InChI is InChI=1S/C25H24F5N7O/c1-15-19(26)4-3-16(22(15)27)12-34-21-10-20(24(38)33-5-2-7-37-8-6-31-14-37)35-23(36-21)17-9-18(13-32-11-17)25(28,29)30/h3-4,6,8-11,13-15,22H,2,5,7,12H2,1H3,(H,33,38)(H,34,35,36). The van der Waals surface area contributed by atoms with E-state index < -0.39 is 35.6 Å². The molecule has 0 aromatic carbocycles. The first-order chi connectivity index (χ1) is 18.1. The molecule has 1 aliphatic carbocycles. The van der Waals surface area contributed by atoms with Gasteiger partial charge >= 0.3 is 6.18 Å². The predicted octanol–water partition coefficient (Wildman–Crippen LogP) is 4.75. The normalized spacial score (nSPS) is 17.5. The fourth-order valence-electron chi connectivity index (χ4n) is 3.71. The Kier molecular flexibility index (Phi) is 8.13. The summed E-state index contributed by atoms with van der Waals surface area (Å²) in [5.41, 5.74) is -0.911. The van der Waals surface area contributed by atoms with Crippen LogP contribution in [0.25, 0.3) is 11.4 Å². The van der Waals surface area contributed by atoms with Gasteiger partial charge in [0.1, 0.15) is 23.5 Å². The number of imidazole rings is 1. The zero-order valence-electron chi connectivity index (χ0n) is 20.2. The average Bonchev–Trinajstić information content (AvgIpc) is 3.42. The van der Waals surface area contributed by atoms with Gasteiger partial charge in [0.2, 0.25) is 0 Å². The van der Waals surface area contributed by atoms with Gasteiger partial charge in [0.15, 0.2) is 5.82 Å². The van der Waals surface area contributed by atoms with E-state index >= 15 is 0 Å². The number of pyridine rings is 1. The number of aromatic nitrogens is 5. The van der Waals surface area contributed by atoms with E-state index in [9.17, 15) is 26.7 Å². The van der Waals surface area contributed by atoms with Crippen molar-refractivity contribution in [2.24, 2.45) is 5.92 Å². The lowest BCUT2D eigenvalue weighted by atomic mass is 9.92. The van der Waals surface area contributed by atoms with Crippen molar-refractivity contribution in [3.63, 3.8) is 0 Å². The van der Waals surface area contributed by atoms with E-state index in [2.05, 4.69) is 30.6 Å². The minimum atomic E-state index is -4.64. The van der Waals surface area contributed by atoms with E-state index in [0.717, 1.165) is 12.3 Å². The van der Waals surface area contributed by atoms with Crippen molar-refractivity contribution in [3.05, 3.63) is 78.1 Å². The van der Waals surface area contributed by atoms with Crippen molar-refractivity contribution >= 4 is 11.7 Å². The van der Waals surface area contributed by atoms with Crippen LogP contribution in [0, 0.1) is 5.92 Å². The number of nitrogens with one attached hydrogen (secondary N) is 2. The van der Waals surface area contributed by atoms with Crippen molar-refractivity contribution in [1.82, 2.24) is 29.8 Å². The second kappa shape index (κ2) is 11.5. The molecule has 3 aromatic heterocycles. The molecule has 1 aliphatic rings. The maximum atomic E-state index is 14.6. The molecule has 3 aromatic rings. The lowest BCUT2D eigenvalue weighted by Gasteiger charge is -2.22. The number of allylic oxidation sites excluding steroid dienone is 3. The molecule has 3 heterocycles. The van der Waals surface area contributed by atoms with Crippen molar-refractivity contribution in [1.29, 1.82) is 0 Å². The SMILES string of the molecule is CC1C(F)=CC=C(CNc2cc(C(=O)NCCCn3ccnc3)nc(-c3cncc(C(F)(F)F)c3)n2)C1F. The molecule has 2 atom stereocenters. The van der Waals surface area contributed by atoms with Gasteiger partial charge in [-0.2, -0.15) is 13.2 Å².